The molecule has 0 aromatic carbocycles. The Bertz CT molecular complexity index is 536. The maximum absolute atomic E-state index is 5.13. The van der Waals surface area contributed by atoms with Crippen LogP contribution in [-0.4, -0.2) is 28.2 Å². The van der Waals surface area contributed by atoms with E-state index in [4.69, 9.17) is 4.74 Å². The van der Waals surface area contributed by atoms with Crippen molar-refractivity contribution in [2.24, 2.45) is 5.92 Å². The second kappa shape index (κ2) is 7.05. The zero-order valence-corrected chi connectivity index (χ0v) is 12.3. The van der Waals surface area contributed by atoms with E-state index >= 15 is 0 Å². The number of rotatable bonds is 7. The first-order valence-corrected chi connectivity index (χ1v) is 6.88. The molecule has 2 aromatic heterocycles. The third-order valence-electron chi connectivity index (χ3n) is 2.88. The van der Waals surface area contributed by atoms with E-state index in [0.717, 1.165) is 24.5 Å². The van der Waals surface area contributed by atoms with Gasteiger partial charge in [-0.25, -0.2) is 9.97 Å². The van der Waals surface area contributed by atoms with Crippen molar-refractivity contribution >= 4 is 0 Å². The van der Waals surface area contributed by atoms with E-state index in [0.29, 0.717) is 18.3 Å². The van der Waals surface area contributed by atoms with Crippen LogP contribution in [0.2, 0.25) is 0 Å². The number of nitrogens with zero attached hydrogens (tertiary/aromatic N) is 3. The van der Waals surface area contributed by atoms with Gasteiger partial charge in [0.15, 0.2) is 0 Å². The topological polar surface area (TPSA) is 52.0 Å². The Morgan fingerprint density at radius 3 is 2.90 bits per heavy atom. The van der Waals surface area contributed by atoms with E-state index < -0.39 is 0 Å². The second-order valence-electron chi connectivity index (χ2n) is 5.23. The van der Waals surface area contributed by atoms with Gasteiger partial charge in [-0.15, -0.1) is 0 Å². The molecule has 108 valence electrons. The Labute approximate surface area is 120 Å². The third kappa shape index (κ3) is 4.35. The molecular formula is C15H22N4O. The quantitative estimate of drug-likeness (QED) is 0.840. The van der Waals surface area contributed by atoms with Gasteiger partial charge < -0.3 is 14.6 Å². The molecule has 2 rings (SSSR count). The Morgan fingerprint density at radius 2 is 2.15 bits per heavy atom. The summed E-state index contributed by atoms with van der Waals surface area (Å²) in [4.78, 5) is 8.79. The maximum Gasteiger partial charge on any atom is 0.213 e. The molecule has 0 bridgehead atoms. The summed E-state index contributed by atoms with van der Waals surface area (Å²) in [6, 6.07) is 5.78. The fourth-order valence-electron chi connectivity index (χ4n) is 1.92. The van der Waals surface area contributed by atoms with Crippen LogP contribution in [0, 0.1) is 5.92 Å². The van der Waals surface area contributed by atoms with Crippen LogP contribution in [-0.2, 0) is 13.1 Å². The molecule has 0 spiro atoms. The van der Waals surface area contributed by atoms with Gasteiger partial charge in [0.1, 0.15) is 0 Å². The van der Waals surface area contributed by atoms with Crippen molar-refractivity contribution in [3.05, 3.63) is 42.1 Å². The SMILES string of the molecule is COc1cccc(Cn2cnc(CNCC(C)C)c2)n1. The smallest absolute Gasteiger partial charge is 0.213 e. The molecule has 5 heteroatoms. The van der Waals surface area contributed by atoms with E-state index in [1.165, 1.54) is 0 Å². The van der Waals surface area contributed by atoms with Gasteiger partial charge in [-0.2, -0.15) is 0 Å². The molecule has 0 aliphatic carbocycles. The third-order valence-corrected chi connectivity index (χ3v) is 2.88. The zero-order chi connectivity index (χ0) is 14.4. The van der Waals surface area contributed by atoms with Crippen LogP contribution in [0.15, 0.2) is 30.7 Å². The Morgan fingerprint density at radius 1 is 1.30 bits per heavy atom. The Hall–Kier alpha value is -1.88. The lowest BCUT2D eigenvalue weighted by Gasteiger charge is -2.05. The average Bonchev–Trinajstić information content (AvgIpc) is 2.86. The van der Waals surface area contributed by atoms with Gasteiger partial charge in [0.05, 0.1) is 31.4 Å². The number of nitrogens with one attached hydrogen (secondary N) is 1. The van der Waals surface area contributed by atoms with E-state index in [1.54, 1.807) is 7.11 Å². The summed E-state index contributed by atoms with van der Waals surface area (Å²) in [7, 11) is 1.63. The molecule has 0 amide bonds. The number of methoxy groups -OCH3 is 1. The highest BCUT2D eigenvalue weighted by molar-refractivity contribution is 5.16. The second-order valence-corrected chi connectivity index (χ2v) is 5.23. The normalized spacial score (nSPS) is 11.0. The molecule has 0 saturated heterocycles. The van der Waals surface area contributed by atoms with E-state index in [9.17, 15) is 0 Å². The van der Waals surface area contributed by atoms with E-state index in [2.05, 4.69) is 35.3 Å². The lowest BCUT2D eigenvalue weighted by molar-refractivity contribution is 0.396. The van der Waals surface area contributed by atoms with Crippen LogP contribution in [0.1, 0.15) is 25.2 Å². The zero-order valence-electron chi connectivity index (χ0n) is 12.3. The molecule has 0 saturated carbocycles. The average molecular weight is 274 g/mol. The predicted octanol–water partition coefficient (Wildman–Crippen LogP) is 2.08. The molecule has 20 heavy (non-hydrogen) atoms. The molecule has 0 fully saturated rings. The first-order chi connectivity index (χ1) is 9.67. The van der Waals surface area contributed by atoms with Crippen molar-refractivity contribution in [2.75, 3.05) is 13.7 Å². The Balaban J connectivity index is 1.91. The van der Waals surface area contributed by atoms with Crippen molar-refractivity contribution in [1.82, 2.24) is 19.9 Å². The van der Waals surface area contributed by atoms with Gasteiger partial charge in [0.25, 0.3) is 0 Å². The number of imidazole rings is 1. The maximum atomic E-state index is 5.13. The van der Waals surface area contributed by atoms with Crippen molar-refractivity contribution < 1.29 is 4.74 Å². The summed E-state index contributed by atoms with van der Waals surface area (Å²) in [5, 5.41) is 3.39. The molecule has 5 nitrogen and oxygen atoms in total. The van der Waals surface area contributed by atoms with Gasteiger partial charge in [0.2, 0.25) is 5.88 Å². The number of ether oxygens (including phenoxy) is 1. The minimum absolute atomic E-state index is 0.640. The van der Waals surface area contributed by atoms with Crippen molar-refractivity contribution in [1.29, 1.82) is 0 Å². The summed E-state index contributed by atoms with van der Waals surface area (Å²) < 4.78 is 7.16. The first kappa shape index (κ1) is 14.5. The number of pyridine rings is 1. The van der Waals surface area contributed by atoms with Gasteiger partial charge in [-0.3, -0.25) is 0 Å². The van der Waals surface area contributed by atoms with E-state index in [1.807, 2.05) is 29.1 Å². The lowest BCUT2D eigenvalue weighted by Crippen LogP contribution is -2.19. The van der Waals surface area contributed by atoms with E-state index in [-0.39, 0.29) is 0 Å². The highest BCUT2D eigenvalue weighted by Crippen LogP contribution is 2.08. The Kier molecular flexibility index (Phi) is 5.12. The molecule has 0 aliphatic heterocycles. The molecule has 1 N–H and O–H groups in total. The minimum Gasteiger partial charge on any atom is -0.481 e. The molecule has 2 aromatic rings. The van der Waals surface area contributed by atoms with Crippen LogP contribution < -0.4 is 10.1 Å². The van der Waals surface area contributed by atoms with Gasteiger partial charge >= 0.3 is 0 Å². The summed E-state index contributed by atoms with van der Waals surface area (Å²) in [5.74, 6) is 1.29. The summed E-state index contributed by atoms with van der Waals surface area (Å²) in [5.41, 5.74) is 2.01. The van der Waals surface area contributed by atoms with Crippen LogP contribution >= 0.6 is 0 Å². The highest BCUT2D eigenvalue weighted by atomic mass is 16.5. The van der Waals surface area contributed by atoms with Crippen LogP contribution in [0.4, 0.5) is 0 Å². The fraction of sp³-hybridized carbons (Fsp3) is 0.467. The molecule has 2 heterocycles. The number of hydrogen-bond acceptors (Lipinski definition) is 4. The van der Waals surface area contributed by atoms with Gasteiger partial charge in [-0.05, 0) is 18.5 Å². The summed E-state index contributed by atoms with van der Waals surface area (Å²) in [6.07, 6.45) is 3.89. The van der Waals surface area contributed by atoms with Gasteiger partial charge in [-0.1, -0.05) is 19.9 Å². The molecule has 0 atom stereocenters. The molecule has 0 aliphatic rings. The standard InChI is InChI=1S/C15H22N4O/c1-12(2)7-16-8-14-10-19(11-17-14)9-13-5-4-6-15(18-13)20-3/h4-6,10-12,16H,7-9H2,1-3H3. The number of hydrogen-bond donors (Lipinski definition) is 1. The monoisotopic (exact) mass is 274 g/mol. The predicted molar refractivity (Wildman–Crippen MR) is 78.7 cm³/mol. The van der Waals surface area contributed by atoms with Crippen LogP contribution in [0.3, 0.4) is 0 Å². The largest absolute Gasteiger partial charge is 0.481 e. The van der Waals surface area contributed by atoms with Crippen molar-refractivity contribution in [3.8, 4) is 5.88 Å². The first-order valence-electron chi connectivity index (χ1n) is 6.88. The number of aromatic nitrogens is 3. The lowest BCUT2D eigenvalue weighted by atomic mass is 10.2. The summed E-state index contributed by atoms with van der Waals surface area (Å²) >= 11 is 0. The fourth-order valence-corrected chi connectivity index (χ4v) is 1.92. The van der Waals surface area contributed by atoms with Crippen LogP contribution in [0.25, 0.3) is 0 Å². The van der Waals surface area contributed by atoms with Crippen molar-refractivity contribution in [3.63, 3.8) is 0 Å². The highest BCUT2D eigenvalue weighted by Gasteiger charge is 2.02. The molecular weight excluding hydrogens is 252 g/mol. The minimum atomic E-state index is 0.640. The van der Waals surface area contributed by atoms with Crippen LogP contribution in [0.5, 0.6) is 5.88 Å². The van der Waals surface area contributed by atoms with Gasteiger partial charge in [0, 0.05) is 18.8 Å². The summed E-state index contributed by atoms with van der Waals surface area (Å²) in [6.45, 7) is 6.90. The molecule has 0 unspecified atom stereocenters. The van der Waals surface area contributed by atoms with Crippen molar-refractivity contribution in [2.45, 2.75) is 26.9 Å². The molecule has 0 radical (unpaired) electrons.